The number of hydrogen-bond acceptors (Lipinski definition) is 4. The Balaban J connectivity index is 2.15. The highest BCUT2D eigenvalue weighted by Crippen LogP contribution is 2.32. The Kier molecular flexibility index (Phi) is 4.83. The molecule has 114 valence electrons. The van der Waals surface area contributed by atoms with Crippen molar-refractivity contribution in [3.05, 3.63) is 23.8 Å². The fourth-order valence-electron chi connectivity index (χ4n) is 2.25. The van der Waals surface area contributed by atoms with Gasteiger partial charge >= 0.3 is 0 Å². The summed E-state index contributed by atoms with van der Waals surface area (Å²) < 4.78 is 5.59. The van der Waals surface area contributed by atoms with Crippen molar-refractivity contribution in [1.29, 1.82) is 0 Å². The highest BCUT2D eigenvalue weighted by Gasteiger charge is 2.21. The normalized spacial score (nSPS) is 14.9. The van der Waals surface area contributed by atoms with Gasteiger partial charge in [-0.05, 0) is 38.5 Å². The zero-order chi connectivity index (χ0) is 15.4. The number of anilines is 1. The maximum Gasteiger partial charge on any atom is 0.239 e. The predicted molar refractivity (Wildman–Crippen MR) is 82.1 cm³/mol. The molecule has 0 bridgehead atoms. The number of nitrogens with one attached hydrogen (secondary N) is 1. The highest BCUT2D eigenvalue weighted by atomic mass is 16.5. The molecule has 0 saturated carbocycles. The van der Waals surface area contributed by atoms with E-state index >= 15 is 0 Å². The molecular weight excluding hydrogens is 268 g/mol. The van der Waals surface area contributed by atoms with Crippen LogP contribution in [0.5, 0.6) is 5.75 Å². The van der Waals surface area contributed by atoms with Gasteiger partial charge in [-0.25, -0.2) is 0 Å². The molecule has 1 aliphatic heterocycles. The van der Waals surface area contributed by atoms with Crippen LogP contribution in [-0.4, -0.2) is 37.4 Å². The minimum Gasteiger partial charge on any atom is -0.490 e. The Bertz CT molecular complexity index is 542. The van der Waals surface area contributed by atoms with Crippen LogP contribution in [0, 0.1) is 0 Å². The molecule has 0 spiro atoms. The number of hydrogen-bond donors (Lipinski definition) is 1. The maximum atomic E-state index is 12.0. The summed E-state index contributed by atoms with van der Waals surface area (Å²) in [7, 11) is 0. The SMILES string of the molecule is CCC(C)NC(=O)CN1CCOc2ccc(C(C)=O)cc21. The molecule has 1 amide bonds. The first-order chi connectivity index (χ1) is 10.0. The minimum absolute atomic E-state index is 0.00683. The molecule has 1 unspecified atom stereocenters. The molecule has 0 fully saturated rings. The van der Waals surface area contributed by atoms with Gasteiger partial charge in [0.25, 0.3) is 0 Å². The molecule has 2 rings (SSSR count). The van der Waals surface area contributed by atoms with Crippen LogP contribution in [0.4, 0.5) is 5.69 Å². The lowest BCUT2D eigenvalue weighted by Gasteiger charge is -2.31. The summed E-state index contributed by atoms with van der Waals surface area (Å²) in [5.74, 6) is 0.723. The molecule has 1 aliphatic rings. The van der Waals surface area contributed by atoms with Gasteiger partial charge in [0.05, 0.1) is 18.8 Å². The first-order valence-corrected chi connectivity index (χ1v) is 7.33. The average Bonchev–Trinajstić information content (AvgIpc) is 2.46. The van der Waals surface area contributed by atoms with Gasteiger partial charge in [-0.2, -0.15) is 0 Å². The molecule has 5 heteroatoms. The number of amides is 1. The van der Waals surface area contributed by atoms with Crippen LogP contribution in [0.25, 0.3) is 0 Å². The van der Waals surface area contributed by atoms with Crippen LogP contribution < -0.4 is 15.0 Å². The van der Waals surface area contributed by atoms with Gasteiger partial charge in [0, 0.05) is 11.6 Å². The molecule has 1 aromatic rings. The van der Waals surface area contributed by atoms with Crippen molar-refractivity contribution >= 4 is 17.4 Å². The van der Waals surface area contributed by atoms with Gasteiger partial charge in [0.1, 0.15) is 12.4 Å². The van der Waals surface area contributed by atoms with E-state index in [9.17, 15) is 9.59 Å². The minimum atomic E-state index is -0.00886. The van der Waals surface area contributed by atoms with Crippen molar-refractivity contribution in [1.82, 2.24) is 5.32 Å². The number of fused-ring (bicyclic) bond motifs is 1. The zero-order valence-electron chi connectivity index (χ0n) is 12.8. The van der Waals surface area contributed by atoms with Gasteiger partial charge < -0.3 is 15.0 Å². The van der Waals surface area contributed by atoms with Crippen LogP contribution in [0.15, 0.2) is 18.2 Å². The summed E-state index contributed by atoms with van der Waals surface area (Å²) in [6.07, 6.45) is 0.903. The molecule has 0 saturated heterocycles. The van der Waals surface area contributed by atoms with E-state index in [2.05, 4.69) is 5.32 Å². The Morgan fingerprint density at radius 1 is 1.43 bits per heavy atom. The van der Waals surface area contributed by atoms with Crippen molar-refractivity contribution in [3.63, 3.8) is 0 Å². The smallest absolute Gasteiger partial charge is 0.239 e. The number of benzene rings is 1. The third-order valence-corrected chi connectivity index (χ3v) is 3.68. The summed E-state index contributed by atoms with van der Waals surface area (Å²) in [6.45, 7) is 7.02. The van der Waals surface area contributed by atoms with Crippen molar-refractivity contribution in [2.75, 3.05) is 24.6 Å². The lowest BCUT2D eigenvalue weighted by Crippen LogP contribution is -2.43. The third kappa shape index (κ3) is 3.74. The van der Waals surface area contributed by atoms with E-state index in [4.69, 9.17) is 4.74 Å². The standard InChI is InChI=1S/C16H22N2O3/c1-4-11(2)17-16(20)10-18-7-8-21-15-6-5-13(12(3)19)9-14(15)18/h5-6,9,11H,4,7-8,10H2,1-3H3,(H,17,20). The topological polar surface area (TPSA) is 58.6 Å². The van der Waals surface area contributed by atoms with Crippen molar-refractivity contribution in [3.8, 4) is 5.75 Å². The largest absolute Gasteiger partial charge is 0.490 e. The fraction of sp³-hybridized carbons (Fsp3) is 0.500. The van der Waals surface area contributed by atoms with Gasteiger partial charge in [-0.3, -0.25) is 9.59 Å². The summed E-state index contributed by atoms with van der Waals surface area (Å²) in [5, 5.41) is 2.96. The molecule has 21 heavy (non-hydrogen) atoms. The van der Waals surface area contributed by atoms with Crippen LogP contribution in [0.1, 0.15) is 37.6 Å². The molecular formula is C16H22N2O3. The Morgan fingerprint density at radius 3 is 2.86 bits per heavy atom. The number of rotatable bonds is 5. The lowest BCUT2D eigenvalue weighted by molar-refractivity contribution is -0.120. The van der Waals surface area contributed by atoms with Crippen molar-refractivity contribution in [2.24, 2.45) is 0 Å². The molecule has 0 aliphatic carbocycles. The third-order valence-electron chi connectivity index (χ3n) is 3.68. The molecule has 0 radical (unpaired) electrons. The van der Waals surface area contributed by atoms with Crippen LogP contribution in [-0.2, 0) is 4.79 Å². The van der Waals surface area contributed by atoms with Crippen molar-refractivity contribution in [2.45, 2.75) is 33.2 Å². The molecule has 1 aromatic carbocycles. The fourth-order valence-corrected chi connectivity index (χ4v) is 2.25. The van der Waals surface area contributed by atoms with E-state index in [-0.39, 0.29) is 24.3 Å². The first-order valence-electron chi connectivity index (χ1n) is 7.33. The summed E-state index contributed by atoms with van der Waals surface area (Å²) in [5.41, 5.74) is 1.44. The second kappa shape index (κ2) is 6.61. The van der Waals surface area contributed by atoms with Crippen LogP contribution in [0.3, 0.4) is 0 Å². The van der Waals surface area contributed by atoms with E-state index in [0.29, 0.717) is 18.7 Å². The quantitative estimate of drug-likeness (QED) is 0.843. The average molecular weight is 290 g/mol. The van der Waals surface area contributed by atoms with Crippen LogP contribution >= 0.6 is 0 Å². The second-order valence-corrected chi connectivity index (χ2v) is 5.39. The maximum absolute atomic E-state index is 12.0. The lowest BCUT2D eigenvalue weighted by atomic mass is 10.1. The van der Waals surface area contributed by atoms with Crippen LogP contribution in [0.2, 0.25) is 0 Å². The van der Waals surface area contributed by atoms with Gasteiger partial charge in [0.15, 0.2) is 5.78 Å². The van der Waals surface area contributed by atoms with E-state index in [1.54, 1.807) is 18.2 Å². The zero-order valence-corrected chi connectivity index (χ0v) is 12.8. The van der Waals surface area contributed by atoms with E-state index in [1.807, 2.05) is 18.7 Å². The predicted octanol–water partition coefficient (Wildman–Crippen LogP) is 2.00. The van der Waals surface area contributed by atoms with E-state index < -0.39 is 0 Å². The number of Topliss-reactive ketones (excluding diaryl/α,β-unsaturated/α-hetero) is 1. The van der Waals surface area contributed by atoms with Crippen molar-refractivity contribution < 1.29 is 14.3 Å². The Labute approximate surface area is 125 Å². The van der Waals surface area contributed by atoms with Gasteiger partial charge in [-0.15, -0.1) is 0 Å². The van der Waals surface area contributed by atoms with Gasteiger partial charge in [0.2, 0.25) is 5.91 Å². The molecule has 0 aromatic heterocycles. The monoisotopic (exact) mass is 290 g/mol. The molecule has 1 N–H and O–H groups in total. The summed E-state index contributed by atoms with van der Waals surface area (Å²) >= 11 is 0. The molecule has 1 heterocycles. The molecule has 5 nitrogen and oxygen atoms in total. The highest BCUT2D eigenvalue weighted by molar-refractivity contribution is 5.96. The van der Waals surface area contributed by atoms with E-state index in [0.717, 1.165) is 17.9 Å². The number of nitrogens with zero attached hydrogens (tertiary/aromatic N) is 1. The number of carbonyl (C=O) groups excluding carboxylic acids is 2. The number of ketones is 1. The summed E-state index contributed by atoms with van der Waals surface area (Å²) in [4.78, 5) is 25.5. The molecule has 1 atom stereocenters. The number of ether oxygens (including phenoxy) is 1. The van der Waals surface area contributed by atoms with Gasteiger partial charge in [-0.1, -0.05) is 6.92 Å². The Hall–Kier alpha value is -2.04. The summed E-state index contributed by atoms with van der Waals surface area (Å²) in [6, 6.07) is 5.52. The second-order valence-electron chi connectivity index (χ2n) is 5.39. The number of carbonyl (C=O) groups is 2. The Morgan fingerprint density at radius 2 is 2.19 bits per heavy atom. The first kappa shape index (κ1) is 15.4. The van der Waals surface area contributed by atoms with E-state index in [1.165, 1.54) is 6.92 Å².